The van der Waals surface area contributed by atoms with Gasteiger partial charge in [-0.3, -0.25) is 0 Å². The first-order valence-electron chi connectivity index (χ1n) is 6.93. The molecule has 2 atom stereocenters. The van der Waals surface area contributed by atoms with Crippen LogP contribution in [0.5, 0.6) is 0 Å². The maximum Gasteiger partial charge on any atom is 0.339 e. The van der Waals surface area contributed by atoms with Crippen LogP contribution in [-0.2, 0) is 4.74 Å². The summed E-state index contributed by atoms with van der Waals surface area (Å²) >= 11 is 0. The molecule has 1 aliphatic heterocycles. The van der Waals surface area contributed by atoms with Crippen molar-refractivity contribution in [1.29, 1.82) is 0 Å². The minimum Gasteiger partial charge on any atom is -0.437 e. The van der Waals surface area contributed by atoms with Gasteiger partial charge in [0.15, 0.2) is 18.2 Å². The maximum atomic E-state index is 6.22. The Bertz CT molecular complexity index is 280. The van der Waals surface area contributed by atoms with Gasteiger partial charge in [0.1, 0.15) is 0 Å². The highest BCUT2D eigenvalue weighted by Crippen LogP contribution is 2.30. The van der Waals surface area contributed by atoms with Gasteiger partial charge in [-0.2, -0.15) is 4.58 Å². The summed E-state index contributed by atoms with van der Waals surface area (Å²) in [4.78, 5) is 0. The van der Waals surface area contributed by atoms with E-state index >= 15 is 0 Å². The number of ether oxygens (including phenoxy) is 1. The lowest BCUT2D eigenvalue weighted by atomic mass is 10.1. The molecule has 2 heteroatoms. The van der Waals surface area contributed by atoms with Gasteiger partial charge in [0.25, 0.3) is 0 Å². The van der Waals surface area contributed by atoms with Gasteiger partial charge in [-0.05, 0) is 47.0 Å². The van der Waals surface area contributed by atoms with E-state index in [2.05, 4.69) is 32.3 Å². The van der Waals surface area contributed by atoms with Crippen LogP contribution in [0, 0.1) is 5.92 Å². The van der Waals surface area contributed by atoms with Crippen molar-refractivity contribution < 1.29 is 9.31 Å². The van der Waals surface area contributed by atoms with Gasteiger partial charge in [0, 0.05) is 6.42 Å². The highest BCUT2D eigenvalue weighted by molar-refractivity contribution is 5.74. The summed E-state index contributed by atoms with van der Waals surface area (Å²) in [6, 6.07) is 1.23. The fourth-order valence-corrected chi connectivity index (χ4v) is 3.16. The minimum absolute atomic E-state index is 0.474. The third-order valence-corrected chi connectivity index (χ3v) is 3.85. The predicted molar refractivity (Wildman–Crippen MR) is 67.0 cm³/mol. The Morgan fingerprint density at radius 2 is 1.75 bits per heavy atom. The zero-order valence-electron chi connectivity index (χ0n) is 11.2. The molecular formula is C14H26NO+. The monoisotopic (exact) mass is 224 g/mol. The molecule has 2 rings (SSSR count). The van der Waals surface area contributed by atoms with E-state index in [9.17, 15) is 0 Å². The van der Waals surface area contributed by atoms with E-state index in [4.69, 9.17) is 4.74 Å². The fourth-order valence-electron chi connectivity index (χ4n) is 3.16. The molecular weight excluding hydrogens is 198 g/mol. The van der Waals surface area contributed by atoms with Gasteiger partial charge in [-0.1, -0.05) is 6.42 Å². The average molecular weight is 224 g/mol. The third-order valence-electron chi connectivity index (χ3n) is 3.85. The zero-order valence-corrected chi connectivity index (χ0v) is 11.2. The smallest absolute Gasteiger partial charge is 0.339 e. The van der Waals surface area contributed by atoms with E-state index in [0.717, 1.165) is 0 Å². The second kappa shape index (κ2) is 4.77. The first-order chi connectivity index (χ1) is 7.61. The Labute approximate surface area is 99.7 Å². The van der Waals surface area contributed by atoms with Gasteiger partial charge >= 0.3 is 5.90 Å². The lowest BCUT2D eigenvalue weighted by Crippen LogP contribution is -2.36. The van der Waals surface area contributed by atoms with Crippen LogP contribution in [0.15, 0.2) is 0 Å². The van der Waals surface area contributed by atoms with Crippen LogP contribution >= 0.6 is 0 Å². The van der Waals surface area contributed by atoms with E-state index in [1.54, 1.807) is 0 Å². The van der Waals surface area contributed by atoms with Crippen molar-refractivity contribution in [1.82, 2.24) is 0 Å². The van der Waals surface area contributed by atoms with E-state index < -0.39 is 0 Å². The molecule has 0 aromatic carbocycles. The number of hydrogen-bond acceptors (Lipinski definition) is 1. The summed E-state index contributed by atoms with van der Waals surface area (Å²) in [6.07, 6.45) is 7.15. The largest absolute Gasteiger partial charge is 0.437 e. The van der Waals surface area contributed by atoms with Gasteiger partial charge < -0.3 is 4.74 Å². The summed E-state index contributed by atoms with van der Waals surface area (Å²) in [6.45, 7) is 9.07. The zero-order chi connectivity index (χ0) is 11.7. The van der Waals surface area contributed by atoms with Gasteiger partial charge in [-0.25, -0.2) is 0 Å². The molecule has 0 saturated heterocycles. The Kier molecular flexibility index (Phi) is 3.56. The van der Waals surface area contributed by atoms with Crippen LogP contribution in [-0.4, -0.2) is 28.7 Å². The first kappa shape index (κ1) is 11.9. The molecule has 92 valence electrons. The molecule has 0 amide bonds. The number of hydrogen-bond donors (Lipinski definition) is 0. The highest BCUT2D eigenvalue weighted by atomic mass is 16.5. The number of fused-ring (bicyclic) bond motifs is 1. The molecule has 1 saturated carbocycles. The van der Waals surface area contributed by atoms with Crippen molar-refractivity contribution in [3.8, 4) is 0 Å². The Morgan fingerprint density at radius 3 is 2.38 bits per heavy atom. The van der Waals surface area contributed by atoms with Crippen molar-refractivity contribution in [3.63, 3.8) is 0 Å². The highest BCUT2D eigenvalue weighted by Gasteiger charge is 2.45. The Morgan fingerprint density at radius 1 is 1.06 bits per heavy atom. The molecule has 1 fully saturated rings. The van der Waals surface area contributed by atoms with Crippen molar-refractivity contribution in [3.05, 3.63) is 0 Å². The summed E-state index contributed by atoms with van der Waals surface area (Å²) < 4.78 is 8.78. The second-order valence-corrected chi connectivity index (χ2v) is 5.86. The summed E-state index contributed by atoms with van der Waals surface area (Å²) in [5.74, 6) is 1.77. The predicted octanol–water partition coefficient (Wildman–Crippen LogP) is 3.19. The van der Waals surface area contributed by atoms with Crippen LogP contribution in [0.4, 0.5) is 0 Å². The molecule has 0 radical (unpaired) electrons. The standard InChI is InChI=1S/C14H26NO/c1-10(2)14-15(11(3)4)12-8-6-5-7-9-13(12)16-14/h10-13H,5-9H2,1-4H3/q+1/t12-,13+/m0/s1. The SMILES string of the molecule is CC(C)C1=[N+](C(C)C)[C@H]2CCCCC[C@H]2O1. The van der Waals surface area contributed by atoms with E-state index in [1.807, 2.05) is 0 Å². The lowest BCUT2D eigenvalue weighted by molar-refractivity contribution is -0.591. The van der Waals surface area contributed by atoms with Crippen LogP contribution < -0.4 is 0 Å². The van der Waals surface area contributed by atoms with E-state index in [1.165, 1.54) is 38.0 Å². The third kappa shape index (κ3) is 2.11. The molecule has 1 aliphatic carbocycles. The molecule has 0 bridgehead atoms. The van der Waals surface area contributed by atoms with Crippen molar-refractivity contribution in [2.24, 2.45) is 5.92 Å². The molecule has 0 N–H and O–H groups in total. The van der Waals surface area contributed by atoms with Crippen LogP contribution in [0.25, 0.3) is 0 Å². The maximum absolute atomic E-state index is 6.22. The number of rotatable bonds is 2. The molecule has 16 heavy (non-hydrogen) atoms. The lowest BCUT2D eigenvalue weighted by Gasteiger charge is -2.14. The van der Waals surface area contributed by atoms with Gasteiger partial charge in [0.05, 0.1) is 5.92 Å². The molecule has 0 aromatic heterocycles. The second-order valence-electron chi connectivity index (χ2n) is 5.86. The summed E-state index contributed by atoms with van der Waals surface area (Å²) in [7, 11) is 0. The van der Waals surface area contributed by atoms with Gasteiger partial charge in [-0.15, -0.1) is 0 Å². The van der Waals surface area contributed by atoms with E-state index in [-0.39, 0.29) is 0 Å². The normalized spacial score (nSPS) is 30.6. The molecule has 1 heterocycles. The molecule has 0 aromatic rings. The topological polar surface area (TPSA) is 12.2 Å². The van der Waals surface area contributed by atoms with Crippen molar-refractivity contribution in [2.45, 2.75) is 78.0 Å². The van der Waals surface area contributed by atoms with E-state index in [0.29, 0.717) is 24.1 Å². The molecule has 0 unspecified atom stereocenters. The first-order valence-corrected chi connectivity index (χ1v) is 6.93. The van der Waals surface area contributed by atoms with Gasteiger partial charge in [0.2, 0.25) is 0 Å². The van der Waals surface area contributed by atoms with Crippen LogP contribution in [0.1, 0.15) is 59.8 Å². The van der Waals surface area contributed by atoms with Crippen LogP contribution in [0.3, 0.4) is 0 Å². The molecule has 2 aliphatic rings. The van der Waals surface area contributed by atoms with Crippen LogP contribution in [0.2, 0.25) is 0 Å². The summed E-state index contributed by atoms with van der Waals surface area (Å²) in [5, 5.41) is 0. The quantitative estimate of drug-likeness (QED) is 0.656. The Hall–Kier alpha value is -0.530. The average Bonchev–Trinajstić information content (AvgIpc) is 2.43. The number of nitrogens with zero attached hydrogens (tertiary/aromatic N) is 1. The fraction of sp³-hybridized carbons (Fsp3) is 0.929. The Balaban J connectivity index is 2.26. The minimum atomic E-state index is 0.474. The summed E-state index contributed by atoms with van der Waals surface area (Å²) in [5.41, 5.74) is 0. The van der Waals surface area contributed by atoms with Crippen molar-refractivity contribution in [2.75, 3.05) is 0 Å². The molecule has 0 spiro atoms. The van der Waals surface area contributed by atoms with Crippen molar-refractivity contribution >= 4 is 5.90 Å². The molecule has 2 nitrogen and oxygen atoms in total.